The second-order valence-corrected chi connectivity index (χ2v) is 7.34. The summed E-state index contributed by atoms with van der Waals surface area (Å²) < 4.78 is 1.21. The average molecular weight is 400 g/mol. The van der Waals surface area contributed by atoms with E-state index in [4.69, 9.17) is 12.2 Å². The molecule has 116 valence electrons. The van der Waals surface area contributed by atoms with Crippen molar-refractivity contribution in [1.82, 2.24) is 4.90 Å². The minimum Gasteiger partial charge on any atom is -0.480 e. The molecule has 0 saturated carbocycles. The maximum atomic E-state index is 12.5. The molecule has 0 aromatic heterocycles. The van der Waals surface area contributed by atoms with Crippen LogP contribution in [0.4, 0.5) is 0 Å². The van der Waals surface area contributed by atoms with Gasteiger partial charge in [0.05, 0.1) is 4.91 Å². The lowest BCUT2D eigenvalue weighted by Gasteiger charge is -2.22. The van der Waals surface area contributed by atoms with Crippen LogP contribution >= 0.6 is 39.9 Å². The van der Waals surface area contributed by atoms with Crippen LogP contribution in [0.2, 0.25) is 0 Å². The maximum Gasteiger partial charge on any atom is 0.326 e. The van der Waals surface area contributed by atoms with Gasteiger partial charge in [0.1, 0.15) is 10.4 Å². The summed E-state index contributed by atoms with van der Waals surface area (Å²) in [6.07, 6.45) is 2.78. The van der Waals surface area contributed by atoms with Gasteiger partial charge in [-0.25, -0.2) is 4.79 Å². The summed E-state index contributed by atoms with van der Waals surface area (Å²) in [5, 5.41) is 9.32. The van der Waals surface area contributed by atoms with Crippen molar-refractivity contribution in [3.63, 3.8) is 0 Å². The fourth-order valence-electron chi connectivity index (χ4n) is 2.13. The molecular weight excluding hydrogens is 386 g/mol. The number of carboxylic acids is 1. The van der Waals surface area contributed by atoms with Crippen molar-refractivity contribution in [1.29, 1.82) is 0 Å². The van der Waals surface area contributed by atoms with Gasteiger partial charge in [-0.2, -0.15) is 0 Å². The quantitative estimate of drug-likeness (QED) is 0.600. The van der Waals surface area contributed by atoms with Crippen molar-refractivity contribution >= 4 is 62.2 Å². The Hall–Kier alpha value is -1.18. The van der Waals surface area contributed by atoms with E-state index in [1.165, 1.54) is 4.90 Å². The third-order valence-corrected chi connectivity index (χ3v) is 4.95. The van der Waals surface area contributed by atoms with E-state index in [2.05, 4.69) is 15.9 Å². The first-order chi connectivity index (χ1) is 10.4. The highest BCUT2D eigenvalue weighted by Gasteiger charge is 2.39. The van der Waals surface area contributed by atoms with Crippen LogP contribution in [0, 0.1) is 0 Å². The Morgan fingerprint density at radius 1 is 1.55 bits per heavy atom. The smallest absolute Gasteiger partial charge is 0.326 e. The Labute approximate surface area is 146 Å². The molecule has 1 aromatic carbocycles. The number of hydrogen-bond donors (Lipinski definition) is 1. The number of thiocarbonyl (C=S) groups is 1. The van der Waals surface area contributed by atoms with E-state index in [0.717, 1.165) is 21.8 Å². The molecule has 1 atom stereocenters. The normalized spacial score (nSPS) is 18.1. The molecule has 1 aromatic rings. The molecule has 1 aliphatic heterocycles. The Kier molecular flexibility index (Phi) is 5.77. The van der Waals surface area contributed by atoms with E-state index >= 15 is 0 Å². The SMILES string of the molecule is CCC[C@H](C(=O)O)N1C(=O)/C(=C/c2cccc(Br)c2)SC1=S. The van der Waals surface area contributed by atoms with E-state index in [9.17, 15) is 14.7 Å². The first kappa shape index (κ1) is 17.2. The minimum atomic E-state index is -1.03. The molecule has 1 fully saturated rings. The van der Waals surface area contributed by atoms with Crippen LogP contribution in [0.1, 0.15) is 25.3 Å². The van der Waals surface area contributed by atoms with Crippen molar-refractivity contribution in [2.24, 2.45) is 0 Å². The highest BCUT2D eigenvalue weighted by Crippen LogP contribution is 2.35. The van der Waals surface area contributed by atoms with Crippen LogP contribution in [0.15, 0.2) is 33.6 Å². The first-order valence-corrected chi connectivity index (χ1v) is 8.71. The predicted octanol–water partition coefficient (Wildman–Crippen LogP) is 3.90. The molecule has 4 nitrogen and oxygen atoms in total. The molecule has 1 N–H and O–H groups in total. The molecule has 1 heterocycles. The summed E-state index contributed by atoms with van der Waals surface area (Å²) in [7, 11) is 0. The molecule has 0 bridgehead atoms. The monoisotopic (exact) mass is 399 g/mol. The Morgan fingerprint density at radius 2 is 2.27 bits per heavy atom. The second kappa shape index (κ2) is 7.39. The molecular formula is C15H14BrNO3S2. The van der Waals surface area contributed by atoms with E-state index in [-0.39, 0.29) is 5.91 Å². The van der Waals surface area contributed by atoms with Gasteiger partial charge in [-0.1, -0.05) is 65.4 Å². The second-order valence-electron chi connectivity index (χ2n) is 4.75. The van der Waals surface area contributed by atoms with E-state index in [0.29, 0.717) is 22.1 Å². The van der Waals surface area contributed by atoms with Crippen LogP contribution in [0.25, 0.3) is 6.08 Å². The largest absolute Gasteiger partial charge is 0.480 e. The molecule has 0 aliphatic carbocycles. The first-order valence-electron chi connectivity index (χ1n) is 6.69. The minimum absolute atomic E-state index is 0.298. The lowest BCUT2D eigenvalue weighted by atomic mass is 10.1. The number of rotatable bonds is 5. The number of carbonyl (C=O) groups excluding carboxylic acids is 1. The molecule has 0 spiro atoms. The zero-order chi connectivity index (χ0) is 16.3. The summed E-state index contributed by atoms with van der Waals surface area (Å²) in [5.74, 6) is -1.36. The fraction of sp³-hybridized carbons (Fsp3) is 0.267. The zero-order valence-corrected chi connectivity index (χ0v) is 15.0. The molecule has 0 radical (unpaired) electrons. The highest BCUT2D eigenvalue weighted by molar-refractivity contribution is 9.10. The summed E-state index contributed by atoms with van der Waals surface area (Å²) in [5.41, 5.74) is 0.859. The highest BCUT2D eigenvalue weighted by atomic mass is 79.9. The Balaban J connectivity index is 2.30. The van der Waals surface area contributed by atoms with E-state index in [1.54, 1.807) is 6.08 Å². The molecule has 1 saturated heterocycles. The van der Waals surface area contributed by atoms with E-state index in [1.807, 2.05) is 31.2 Å². The van der Waals surface area contributed by atoms with Crippen LogP contribution in [-0.2, 0) is 9.59 Å². The number of nitrogens with zero attached hydrogens (tertiary/aromatic N) is 1. The van der Waals surface area contributed by atoms with Crippen molar-refractivity contribution in [3.05, 3.63) is 39.2 Å². The van der Waals surface area contributed by atoms with Crippen LogP contribution in [-0.4, -0.2) is 32.2 Å². The van der Waals surface area contributed by atoms with Gasteiger partial charge >= 0.3 is 5.97 Å². The summed E-state index contributed by atoms with van der Waals surface area (Å²) in [6, 6.07) is 6.62. The van der Waals surface area contributed by atoms with Crippen molar-refractivity contribution in [3.8, 4) is 0 Å². The van der Waals surface area contributed by atoms with Crippen molar-refractivity contribution < 1.29 is 14.7 Å². The maximum absolute atomic E-state index is 12.5. The fourth-order valence-corrected chi connectivity index (χ4v) is 3.91. The van der Waals surface area contributed by atoms with E-state index < -0.39 is 12.0 Å². The Morgan fingerprint density at radius 3 is 2.86 bits per heavy atom. The third kappa shape index (κ3) is 3.77. The van der Waals surface area contributed by atoms with Gasteiger partial charge in [-0.05, 0) is 30.2 Å². The number of hydrogen-bond acceptors (Lipinski definition) is 4. The van der Waals surface area contributed by atoms with Crippen molar-refractivity contribution in [2.45, 2.75) is 25.8 Å². The van der Waals surface area contributed by atoms with Gasteiger partial charge < -0.3 is 5.11 Å². The number of halogens is 1. The molecule has 22 heavy (non-hydrogen) atoms. The Bertz CT molecular complexity index is 660. The summed E-state index contributed by atoms with van der Waals surface area (Å²) in [4.78, 5) is 25.6. The number of amides is 1. The van der Waals surface area contributed by atoms with Crippen LogP contribution < -0.4 is 0 Å². The van der Waals surface area contributed by atoms with Gasteiger partial charge in [0, 0.05) is 4.47 Å². The number of carbonyl (C=O) groups is 2. The van der Waals surface area contributed by atoms with Crippen molar-refractivity contribution in [2.75, 3.05) is 0 Å². The third-order valence-electron chi connectivity index (χ3n) is 3.13. The van der Waals surface area contributed by atoms with Gasteiger partial charge in [0.2, 0.25) is 0 Å². The van der Waals surface area contributed by atoms with Gasteiger partial charge in [0.15, 0.2) is 0 Å². The molecule has 7 heteroatoms. The lowest BCUT2D eigenvalue weighted by molar-refractivity contribution is -0.145. The lowest BCUT2D eigenvalue weighted by Crippen LogP contribution is -2.43. The number of aliphatic carboxylic acids is 1. The zero-order valence-electron chi connectivity index (χ0n) is 11.8. The van der Waals surface area contributed by atoms with Crippen LogP contribution in [0.5, 0.6) is 0 Å². The number of carboxylic acid groups (broad SMARTS) is 1. The molecule has 1 aliphatic rings. The van der Waals surface area contributed by atoms with Crippen LogP contribution in [0.3, 0.4) is 0 Å². The molecule has 1 amide bonds. The number of thioether (sulfide) groups is 1. The molecule has 0 unspecified atom stereocenters. The standard InChI is InChI=1S/C15H14BrNO3S2/c1-2-4-11(14(19)20)17-13(18)12(22-15(17)21)8-9-5-3-6-10(16)7-9/h3,5-8,11H,2,4H2,1H3,(H,19,20)/b12-8-/t11-/m1/s1. The summed E-state index contributed by atoms with van der Waals surface area (Å²) in [6.45, 7) is 1.88. The topological polar surface area (TPSA) is 57.6 Å². The van der Waals surface area contributed by atoms with Gasteiger partial charge in [-0.3, -0.25) is 9.69 Å². The van der Waals surface area contributed by atoms with Gasteiger partial charge in [-0.15, -0.1) is 0 Å². The number of benzene rings is 1. The summed E-state index contributed by atoms with van der Waals surface area (Å²) >= 11 is 9.72. The predicted molar refractivity (Wildman–Crippen MR) is 95.5 cm³/mol. The molecule has 2 rings (SSSR count). The average Bonchev–Trinajstić information content (AvgIpc) is 2.71. The van der Waals surface area contributed by atoms with Gasteiger partial charge in [0.25, 0.3) is 5.91 Å².